The summed E-state index contributed by atoms with van der Waals surface area (Å²) in [5.41, 5.74) is -0.282. The molecule has 152 valence electrons. The first-order valence-corrected chi connectivity index (χ1v) is 8.83. The zero-order valence-electron chi connectivity index (χ0n) is 15.4. The Kier molecular flexibility index (Phi) is 4.87. The first kappa shape index (κ1) is 19.2. The van der Waals surface area contributed by atoms with Gasteiger partial charge in [-0.1, -0.05) is 12.1 Å². The van der Waals surface area contributed by atoms with Crippen molar-refractivity contribution in [2.75, 3.05) is 26.9 Å². The number of nitrogens with zero attached hydrogens (tertiary/aromatic N) is 4. The van der Waals surface area contributed by atoms with Crippen molar-refractivity contribution in [3.63, 3.8) is 0 Å². The molecule has 0 aliphatic carbocycles. The van der Waals surface area contributed by atoms with E-state index >= 15 is 0 Å². The molecule has 3 heterocycles. The maximum absolute atomic E-state index is 13.2. The molecule has 29 heavy (non-hydrogen) atoms. The Hall–Kier alpha value is -3.14. The Balaban J connectivity index is 1.70. The van der Waals surface area contributed by atoms with Gasteiger partial charge in [0.2, 0.25) is 0 Å². The maximum atomic E-state index is 13.2. The van der Waals surface area contributed by atoms with Gasteiger partial charge in [0.25, 0.3) is 5.91 Å². The highest BCUT2D eigenvalue weighted by atomic mass is 19.4. The lowest BCUT2D eigenvalue weighted by atomic mass is 10.0. The number of methoxy groups -OCH3 is 1. The molecule has 1 fully saturated rings. The number of halogens is 3. The largest absolute Gasteiger partial charge is 0.497 e. The maximum Gasteiger partial charge on any atom is 0.433 e. The van der Waals surface area contributed by atoms with Crippen LogP contribution in [0.15, 0.2) is 42.7 Å². The highest BCUT2D eigenvalue weighted by molar-refractivity contribution is 6.00. The molecular weight excluding hydrogens is 389 g/mol. The van der Waals surface area contributed by atoms with Crippen LogP contribution < -0.4 is 4.74 Å². The highest BCUT2D eigenvalue weighted by Crippen LogP contribution is 2.31. The third-order valence-corrected chi connectivity index (χ3v) is 4.81. The predicted octanol–water partition coefficient (Wildman–Crippen LogP) is 2.97. The normalized spacial score (nSPS) is 17.5. The van der Waals surface area contributed by atoms with Gasteiger partial charge in [0, 0.05) is 12.7 Å². The predicted molar refractivity (Wildman–Crippen MR) is 95.6 cm³/mol. The molecule has 1 saturated heterocycles. The van der Waals surface area contributed by atoms with E-state index in [-0.39, 0.29) is 23.9 Å². The fourth-order valence-electron chi connectivity index (χ4n) is 3.36. The number of aromatic nitrogens is 3. The molecule has 1 amide bonds. The van der Waals surface area contributed by atoms with E-state index in [1.54, 1.807) is 24.1 Å². The quantitative estimate of drug-likeness (QED) is 0.669. The van der Waals surface area contributed by atoms with Gasteiger partial charge < -0.3 is 14.4 Å². The Morgan fingerprint density at radius 1 is 1.24 bits per heavy atom. The Morgan fingerprint density at radius 3 is 2.69 bits per heavy atom. The van der Waals surface area contributed by atoms with Gasteiger partial charge in [-0.3, -0.25) is 4.79 Å². The van der Waals surface area contributed by atoms with Crippen molar-refractivity contribution in [3.05, 3.63) is 59.5 Å². The number of hydrogen-bond acceptors (Lipinski definition) is 5. The van der Waals surface area contributed by atoms with Crippen LogP contribution in [0.25, 0.3) is 5.65 Å². The van der Waals surface area contributed by atoms with E-state index in [1.807, 2.05) is 12.1 Å². The number of hydrogen-bond donors (Lipinski definition) is 0. The number of carbonyl (C=O) groups excluding carboxylic acids is 1. The van der Waals surface area contributed by atoms with Gasteiger partial charge in [-0.25, -0.2) is 9.50 Å². The summed E-state index contributed by atoms with van der Waals surface area (Å²) >= 11 is 0. The highest BCUT2D eigenvalue weighted by Gasteiger charge is 2.36. The van der Waals surface area contributed by atoms with Crippen molar-refractivity contribution in [2.24, 2.45) is 0 Å². The van der Waals surface area contributed by atoms with Crippen LogP contribution in [-0.4, -0.2) is 52.3 Å². The van der Waals surface area contributed by atoms with Crippen LogP contribution in [0.5, 0.6) is 5.75 Å². The minimum absolute atomic E-state index is 0.0107. The van der Waals surface area contributed by atoms with Crippen LogP contribution in [0, 0.1) is 0 Å². The van der Waals surface area contributed by atoms with Gasteiger partial charge in [0.05, 0.1) is 32.6 Å². The van der Waals surface area contributed by atoms with Gasteiger partial charge in [-0.15, -0.1) is 0 Å². The molecule has 1 atom stereocenters. The topological polar surface area (TPSA) is 69.0 Å². The van der Waals surface area contributed by atoms with E-state index in [2.05, 4.69) is 10.1 Å². The van der Waals surface area contributed by atoms with Crippen molar-refractivity contribution in [1.82, 2.24) is 19.5 Å². The second-order valence-electron chi connectivity index (χ2n) is 6.48. The monoisotopic (exact) mass is 406 g/mol. The molecule has 0 saturated carbocycles. The van der Waals surface area contributed by atoms with Crippen molar-refractivity contribution >= 4 is 11.6 Å². The summed E-state index contributed by atoms with van der Waals surface area (Å²) in [6, 6.07) is 7.65. The van der Waals surface area contributed by atoms with E-state index < -0.39 is 17.8 Å². The summed E-state index contributed by atoms with van der Waals surface area (Å²) in [6.07, 6.45) is -2.46. The molecule has 0 bridgehead atoms. The lowest BCUT2D eigenvalue weighted by Gasteiger charge is -2.35. The molecule has 7 nitrogen and oxygen atoms in total. The number of benzene rings is 1. The van der Waals surface area contributed by atoms with E-state index in [9.17, 15) is 18.0 Å². The lowest BCUT2D eigenvalue weighted by molar-refractivity contribution is -0.142. The average Bonchev–Trinajstić information content (AvgIpc) is 3.16. The molecule has 0 spiro atoms. The summed E-state index contributed by atoms with van der Waals surface area (Å²) in [5, 5.41) is 3.76. The molecule has 1 unspecified atom stereocenters. The zero-order valence-corrected chi connectivity index (χ0v) is 15.4. The molecular formula is C19H17F3N4O3. The molecule has 0 N–H and O–H groups in total. The summed E-state index contributed by atoms with van der Waals surface area (Å²) in [7, 11) is 1.56. The molecule has 2 aromatic heterocycles. The van der Waals surface area contributed by atoms with Gasteiger partial charge in [-0.05, 0) is 23.8 Å². The van der Waals surface area contributed by atoms with E-state index in [0.29, 0.717) is 23.4 Å². The smallest absolute Gasteiger partial charge is 0.433 e. The number of carbonyl (C=O) groups is 1. The van der Waals surface area contributed by atoms with Crippen LogP contribution in [-0.2, 0) is 10.9 Å². The number of ether oxygens (including phenoxy) is 2. The summed E-state index contributed by atoms with van der Waals surface area (Å²) in [5.74, 6) is 0.228. The number of alkyl halides is 3. The van der Waals surface area contributed by atoms with E-state index in [4.69, 9.17) is 9.47 Å². The number of amides is 1. The van der Waals surface area contributed by atoms with Crippen LogP contribution in [0.1, 0.15) is 27.7 Å². The summed E-state index contributed by atoms with van der Waals surface area (Å²) in [6.45, 7) is 0.906. The third kappa shape index (κ3) is 3.51. The minimum atomic E-state index is -4.61. The molecule has 1 aliphatic heterocycles. The van der Waals surface area contributed by atoms with Gasteiger partial charge in [0.1, 0.15) is 17.0 Å². The molecule has 0 radical (unpaired) electrons. The fraction of sp³-hybridized carbons (Fsp3) is 0.316. The van der Waals surface area contributed by atoms with E-state index in [0.717, 1.165) is 24.0 Å². The van der Waals surface area contributed by atoms with Crippen molar-refractivity contribution in [3.8, 4) is 5.75 Å². The number of fused-ring (bicyclic) bond motifs is 1. The van der Waals surface area contributed by atoms with Crippen molar-refractivity contribution < 1.29 is 27.4 Å². The number of rotatable bonds is 3. The standard InChI is InChI=1S/C19H17F3N4O3/c1-28-13-4-2-12(3-5-13)15-11-29-9-8-25(15)18(27)14-10-24-26-16(19(20,21)22)6-7-23-17(14)26/h2-7,10,15H,8-9,11H2,1H3. The summed E-state index contributed by atoms with van der Waals surface area (Å²) < 4.78 is 51.0. The second kappa shape index (κ2) is 7.36. The Bertz CT molecular complexity index is 1030. The number of morpholine rings is 1. The van der Waals surface area contributed by atoms with E-state index in [1.165, 1.54) is 0 Å². The van der Waals surface area contributed by atoms with Crippen LogP contribution in [0.4, 0.5) is 13.2 Å². The van der Waals surface area contributed by atoms with Crippen LogP contribution >= 0.6 is 0 Å². The molecule has 1 aromatic carbocycles. The first-order chi connectivity index (χ1) is 13.9. The molecule has 1 aliphatic rings. The van der Waals surface area contributed by atoms with Crippen LogP contribution in [0.3, 0.4) is 0 Å². The minimum Gasteiger partial charge on any atom is -0.497 e. The van der Waals surface area contributed by atoms with Crippen molar-refractivity contribution in [1.29, 1.82) is 0 Å². The van der Waals surface area contributed by atoms with Crippen molar-refractivity contribution in [2.45, 2.75) is 12.2 Å². The average molecular weight is 406 g/mol. The van der Waals surface area contributed by atoms with Gasteiger partial charge in [-0.2, -0.15) is 18.3 Å². The second-order valence-corrected chi connectivity index (χ2v) is 6.48. The molecule has 10 heteroatoms. The molecule has 3 aromatic rings. The lowest BCUT2D eigenvalue weighted by Crippen LogP contribution is -2.43. The summed E-state index contributed by atoms with van der Waals surface area (Å²) in [4.78, 5) is 18.7. The Morgan fingerprint density at radius 2 is 2.00 bits per heavy atom. The van der Waals surface area contributed by atoms with Crippen LogP contribution in [0.2, 0.25) is 0 Å². The molecule has 4 rings (SSSR count). The zero-order chi connectivity index (χ0) is 20.6. The van der Waals surface area contributed by atoms with Gasteiger partial charge >= 0.3 is 6.18 Å². The third-order valence-electron chi connectivity index (χ3n) is 4.81. The Labute approximate surface area is 163 Å². The van der Waals surface area contributed by atoms with Gasteiger partial charge in [0.15, 0.2) is 5.65 Å². The fourth-order valence-corrected chi connectivity index (χ4v) is 3.36. The first-order valence-electron chi connectivity index (χ1n) is 8.83. The SMILES string of the molecule is COc1ccc(C2COCCN2C(=O)c2cnn3c(C(F)(F)F)ccnc23)cc1.